The fraction of sp³-hybridized carbons (Fsp3) is 0.0727. The van der Waals surface area contributed by atoms with Crippen molar-refractivity contribution < 1.29 is 4.74 Å². The van der Waals surface area contributed by atoms with Gasteiger partial charge in [-0.1, -0.05) is 176 Å². The Bertz CT molecular complexity index is 2880. The maximum Gasteiger partial charge on any atom is 0.132 e. The molecule has 8 aromatic rings. The van der Waals surface area contributed by atoms with Crippen LogP contribution >= 0.6 is 0 Å². The van der Waals surface area contributed by atoms with Crippen molar-refractivity contribution in [1.82, 2.24) is 5.32 Å². The number of nitrogens with two attached hydrogens (primary N) is 1. The first kappa shape index (κ1) is 35.1. The molecule has 2 unspecified atom stereocenters. The molecule has 282 valence electrons. The van der Waals surface area contributed by atoms with Crippen LogP contribution in [0, 0.1) is 0 Å². The second-order valence-corrected chi connectivity index (χ2v) is 15.7. The van der Waals surface area contributed by atoms with Gasteiger partial charge in [-0.05, 0) is 97.1 Å². The molecule has 0 amide bonds. The van der Waals surface area contributed by atoms with Crippen molar-refractivity contribution in [2.45, 2.75) is 17.1 Å². The number of para-hydroxylation sites is 2. The van der Waals surface area contributed by atoms with E-state index in [9.17, 15) is 0 Å². The summed E-state index contributed by atoms with van der Waals surface area (Å²) in [6, 6.07) is 71.1. The highest BCUT2D eigenvalue weighted by atomic mass is 16.5. The summed E-state index contributed by atoms with van der Waals surface area (Å²) in [4.78, 5) is 4.92. The first-order valence-electron chi connectivity index (χ1n) is 20.3. The molecule has 1 fully saturated rings. The Balaban J connectivity index is 0.910. The third kappa shape index (κ3) is 5.88. The number of allylic oxidation sites excluding steroid dienone is 1. The van der Waals surface area contributed by atoms with Crippen LogP contribution in [0.1, 0.15) is 45.1 Å². The monoisotopic (exact) mass is 759 g/mol. The lowest BCUT2D eigenvalue weighted by molar-refractivity contribution is 0.436. The number of ether oxygens (including phenoxy) is 1. The van der Waals surface area contributed by atoms with Crippen molar-refractivity contribution in [3.05, 3.63) is 245 Å². The summed E-state index contributed by atoms with van der Waals surface area (Å²) in [5.41, 5.74) is 22.4. The van der Waals surface area contributed by atoms with E-state index in [1.165, 1.54) is 44.5 Å². The first-order valence-corrected chi connectivity index (χ1v) is 20.3. The third-order valence-corrected chi connectivity index (χ3v) is 12.4. The maximum atomic E-state index is 6.81. The topological polar surface area (TPSA) is 69.5 Å². The van der Waals surface area contributed by atoms with Gasteiger partial charge in [-0.3, -0.25) is 4.99 Å². The summed E-state index contributed by atoms with van der Waals surface area (Å²) in [6.45, 7) is 0.883. The predicted molar refractivity (Wildman–Crippen MR) is 241 cm³/mol. The summed E-state index contributed by atoms with van der Waals surface area (Å²) in [5.74, 6) is 1.80. The Morgan fingerprint density at radius 3 is 1.78 bits per heavy atom. The Kier molecular flexibility index (Phi) is 8.37. The van der Waals surface area contributed by atoms with Crippen LogP contribution in [0.2, 0.25) is 0 Å². The van der Waals surface area contributed by atoms with Gasteiger partial charge in [0.2, 0.25) is 0 Å². The number of rotatable bonds is 8. The highest BCUT2D eigenvalue weighted by molar-refractivity contribution is 6.10. The molecule has 1 spiro atoms. The van der Waals surface area contributed by atoms with E-state index in [1.54, 1.807) is 0 Å². The van der Waals surface area contributed by atoms with Gasteiger partial charge in [0.25, 0.3) is 0 Å². The highest BCUT2D eigenvalue weighted by Gasteiger charge is 2.51. The van der Waals surface area contributed by atoms with Crippen molar-refractivity contribution in [3.8, 4) is 44.9 Å². The SMILES string of the molecule is NC(/N=C/C(=C\C1(c2ccccc2)CN1)c1ccccc1)c1cccc(-c2ccc(-c3ccc4c(c3)C3(c5ccccc5Oc5ccccc53)c3ccccc3-4)cc2)c1. The lowest BCUT2D eigenvalue weighted by atomic mass is 9.66. The fourth-order valence-corrected chi connectivity index (χ4v) is 9.35. The average Bonchev–Trinajstić information content (AvgIpc) is 4.05. The van der Waals surface area contributed by atoms with Crippen molar-refractivity contribution >= 4 is 11.8 Å². The third-order valence-electron chi connectivity index (χ3n) is 12.4. The van der Waals surface area contributed by atoms with E-state index < -0.39 is 11.6 Å². The van der Waals surface area contributed by atoms with E-state index in [0.29, 0.717) is 0 Å². The molecule has 3 aliphatic rings. The zero-order chi connectivity index (χ0) is 39.4. The fourth-order valence-electron chi connectivity index (χ4n) is 9.35. The average molecular weight is 760 g/mol. The lowest BCUT2D eigenvalue weighted by Crippen LogP contribution is -2.32. The first-order chi connectivity index (χ1) is 29.1. The molecular weight excluding hydrogens is 719 g/mol. The van der Waals surface area contributed by atoms with E-state index in [0.717, 1.165) is 51.4 Å². The van der Waals surface area contributed by atoms with Crippen LogP contribution < -0.4 is 15.8 Å². The van der Waals surface area contributed by atoms with Gasteiger partial charge in [0.15, 0.2) is 0 Å². The normalized spacial score (nSPS) is 17.4. The van der Waals surface area contributed by atoms with Gasteiger partial charge < -0.3 is 15.8 Å². The maximum absolute atomic E-state index is 6.81. The molecule has 0 aromatic heterocycles. The molecule has 2 aliphatic heterocycles. The standard InChI is InChI=1S/C55H41N3O/c56-53(57-35-43(37-14-3-1-4-15-37)34-54(36-58-54)44-18-5-2-6-19-44)42-17-13-16-40(32-42)38-26-28-39(29-27-38)41-30-31-46-45-20-7-8-21-47(45)55(50(46)33-41)48-22-9-11-24-51(48)59-52-25-12-10-23-49(52)55/h1-35,53,58H,36,56H2/b43-34+,57-35+. The van der Waals surface area contributed by atoms with Crippen LogP contribution in [0.4, 0.5) is 0 Å². The van der Waals surface area contributed by atoms with Crippen LogP contribution in [0.25, 0.3) is 39.0 Å². The molecule has 2 atom stereocenters. The van der Waals surface area contributed by atoms with Crippen LogP contribution in [0.5, 0.6) is 11.5 Å². The summed E-state index contributed by atoms with van der Waals surface area (Å²) in [5, 5.41) is 3.59. The summed E-state index contributed by atoms with van der Waals surface area (Å²) in [7, 11) is 0. The molecule has 1 saturated heterocycles. The minimum atomic E-state index is -0.524. The van der Waals surface area contributed by atoms with Crippen LogP contribution in [0.3, 0.4) is 0 Å². The van der Waals surface area contributed by atoms with E-state index in [1.807, 2.05) is 12.3 Å². The van der Waals surface area contributed by atoms with Gasteiger partial charge in [0.05, 0.1) is 11.0 Å². The molecular formula is C55H41N3O. The zero-order valence-electron chi connectivity index (χ0n) is 32.4. The van der Waals surface area contributed by atoms with Gasteiger partial charge in [0, 0.05) is 23.9 Å². The second-order valence-electron chi connectivity index (χ2n) is 15.7. The van der Waals surface area contributed by atoms with Gasteiger partial charge in [-0.2, -0.15) is 0 Å². The molecule has 11 rings (SSSR count). The second kappa shape index (κ2) is 14.1. The molecule has 0 bridgehead atoms. The van der Waals surface area contributed by atoms with Gasteiger partial charge in [0.1, 0.15) is 17.7 Å². The number of nitrogens with one attached hydrogen (secondary N) is 1. The summed E-state index contributed by atoms with van der Waals surface area (Å²) < 4.78 is 6.54. The smallest absolute Gasteiger partial charge is 0.132 e. The number of hydrogen-bond acceptors (Lipinski definition) is 4. The van der Waals surface area contributed by atoms with Crippen LogP contribution in [-0.4, -0.2) is 12.8 Å². The van der Waals surface area contributed by atoms with Gasteiger partial charge in [-0.15, -0.1) is 0 Å². The molecule has 2 heterocycles. The lowest BCUT2D eigenvalue weighted by Gasteiger charge is -2.39. The molecule has 59 heavy (non-hydrogen) atoms. The van der Waals surface area contributed by atoms with E-state index in [-0.39, 0.29) is 5.54 Å². The van der Waals surface area contributed by atoms with E-state index in [2.05, 4.69) is 206 Å². The molecule has 3 N–H and O–H groups in total. The Labute approximate surface area is 345 Å². The van der Waals surface area contributed by atoms with Crippen molar-refractivity contribution in [2.24, 2.45) is 10.7 Å². The summed E-state index contributed by atoms with van der Waals surface area (Å²) in [6.07, 6.45) is 3.69. The number of benzene rings is 8. The molecule has 8 aromatic carbocycles. The Morgan fingerprint density at radius 2 is 1.10 bits per heavy atom. The molecule has 4 nitrogen and oxygen atoms in total. The minimum absolute atomic E-state index is 0.206. The predicted octanol–water partition coefficient (Wildman–Crippen LogP) is 12.1. The number of nitrogens with zero attached hydrogens (tertiary/aromatic N) is 1. The van der Waals surface area contributed by atoms with Crippen LogP contribution in [-0.2, 0) is 11.0 Å². The highest BCUT2D eigenvalue weighted by Crippen LogP contribution is 2.62. The molecule has 4 heteroatoms. The van der Waals surface area contributed by atoms with Crippen molar-refractivity contribution in [2.75, 3.05) is 6.54 Å². The molecule has 1 aliphatic carbocycles. The Hall–Kier alpha value is -7.11. The van der Waals surface area contributed by atoms with Crippen molar-refractivity contribution in [3.63, 3.8) is 0 Å². The molecule has 0 radical (unpaired) electrons. The largest absolute Gasteiger partial charge is 0.457 e. The number of aliphatic imine (C=N–C) groups is 1. The summed E-state index contributed by atoms with van der Waals surface area (Å²) >= 11 is 0. The zero-order valence-corrected chi connectivity index (χ0v) is 32.4. The van der Waals surface area contributed by atoms with Crippen LogP contribution in [0.15, 0.2) is 211 Å². The van der Waals surface area contributed by atoms with E-state index in [4.69, 9.17) is 15.5 Å². The number of hydrogen-bond donors (Lipinski definition) is 2. The quantitative estimate of drug-likeness (QED) is 0.120. The van der Waals surface area contributed by atoms with Crippen molar-refractivity contribution in [1.29, 1.82) is 0 Å². The van der Waals surface area contributed by atoms with E-state index >= 15 is 0 Å². The van der Waals surface area contributed by atoms with Gasteiger partial charge >= 0.3 is 0 Å². The minimum Gasteiger partial charge on any atom is -0.457 e. The molecule has 0 saturated carbocycles. The Morgan fingerprint density at radius 1 is 0.542 bits per heavy atom. The number of fused-ring (bicyclic) bond motifs is 9. The van der Waals surface area contributed by atoms with Gasteiger partial charge in [-0.25, -0.2) is 0 Å².